The molecule has 0 radical (unpaired) electrons. The number of nitrogens with zero attached hydrogens (tertiary/aromatic N) is 2. The van der Waals surface area contributed by atoms with Crippen LogP contribution in [0.15, 0.2) is 53.6 Å². The topological polar surface area (TPSA) is 42.1 Å². The van der Waals surface area contributed by atoms with Crippen molar-refractivity contribution < 1.29 is 0 Å². The van der Waals surface area contributed by atoms with Gasteiger partial charge >= 0.3 is 0 Å². The molecule has 120 valence electrons. The Morgan fingerprint density at radius 2 is 2.00 bits per heavy atom. The number of thiazole rings is 1. The fourth-order valence-electron chi connectivity index (χ4n) is 2.67. The summed E-state index contributed by atoms with van der Waals surface area (Å²) in [7, 11) is 4.09. The normalized spacial score (nSPS) is 20.4. The molecule has 4 heteroatoms. The lowest BCUT2D eigenvalue weighted by Crippen LogP contribution is -2.35. The van der Waals surface area contributed by atoms with Gasteiger partial charge in [-0.1, -0.05) is 43.3 Å². The largest absolute Gasteiger partial charge is 0.378 e. The number of rotatable bonds is 4. The van der Waals surface area contributed by atoms with Crippen molar-refractivity contribution in [3.8, 4) is 11.3 Å². The van der Waals surface area contributed by atoms with Crippen LogP contribution in [-0.2, 0) is 12.0 Å². The third-order valence-electron chi connectivity index (χ3n) is 4.28. The van der Waals surface area contributed by atoms with E-state index in [2.05, 4.69) is 59.7 Å². The van der Waals surface area contributed by atoms with Gasteiger partial charge in [-0.25, -0.2) is 4.98 Å². The molecule has 2 aromatic rings. The summed E-state index contributed by atoms with van der Waals surface area (Å²) >= 11 is 1.64. The highest BCUT2D eigenvalue weighted by atomic mass is 32.1. The Morgan fingerprint density at radius 1 is 1.26 bits per heavy atom. The summed E-state index contributed by atoms with van der Waals surface area (Å²) in [5.41, 5.74) is 10.8. The summed E-state index contributed by atoms with van der Waals surface area (Å²) in [6, 6.07) is 8.61. The van der Waals surface area contributed by atoms with Crippen molar-refractivity contribution in [3.05, 3.63) is 64.1 Å². The average molecular weight is 325 g/mol. The predicted molar refractivity (Wildman–Crippen MR) is 98.3 cm³/mol. The molecule has 0 amide bonds. The first-order valence-electron chi connectivity index (χ1n) is 7.93. The van der Waals surface area contributed by atoms with Crippen molar-refractivity contribution in [3.63, 3.8) is 0 Å². The van der Waals surface area contributed by atoms with Crippen LogP contribution in [-0.4, -0.2) is 24.0 Å². The summed E-state index contributed by atoms with van der Waals surface area (Å²) in [5.74, 6) is 0. The van der Waals surface area contributed by atoms with Gasteiger partial charge in [0.05, 0.1) is 11.2 Å². The number of hydrogen-bond acceptors (Lipinski definition) is 4. The lowest BCUT2D eigenvalue weighted by Gasteiger charge is -2.27. The van der Waals surface area contributed by atoms with E-state index in [0.717, 1.165) is 29.1 Å². The van der Waals surface area contributed by atoms with Crippen LogP contribution < -0.4 is 5.73 Å². The van der Waals surface area contributed by atoms with Crippen LogP contribution in [0.4, 0.5) is 0 Å². The van der Waals surface area contributed by atoms with E-state index in [0.29, 0.717) is 0 Å². The van der Waals surface area contributed by atoms with Gasteiger partial charge in [-0.05, 0) is 24.5 Å². The molecule has 0 saturated heterocycles. The lowest BCUT2D eigenvalue weighted by atomic mass is 9.92. The standard InChI is InChI=1S/C19H23N3S/c1-4-14-5-7-15(8-6-14)17-13-23-18(21-17)19(20)11-9-16(10-12-19)22(2)3/h5-11,13H,4,12,20H2,1-3H3. The zero-order valence-corrected chi connectivity index (χ0v) is 14.7. The first-order chi connectivity index (χ1) is 11.0. The summed E-state index contributed by atoms with van der Waals surface area (Å²) < 4.78 is 0. The first kappa shape index (κ1) is 16.0. The van der Waals surface area contributed by atoms with Crippen LogP contribution >= 0.6 is 11.3 Å². The second kappa shape index (κ2) is 6.30. The molecule has 1 aliphatic rings. The monoisotopic (exact) mass is 325 g/mol. The Morgan fingerprint density at radius 3 is 2.57 bits per heavy atom. The quantitative estimate of drug-likeness (QED) is 0.926. The smallest absolute Gasteiger partial charge is 0.117 e. The molecule has 1 aromatic heterocycles. The molecule has 0 aliphatic heterocycles. The van der Waals surface area contributed by atoms with E-state index in [1.165, 1.54) is 11.3 Å². The highest BCUT2D eigenvalue weighted by molar-refractivity contribution is 7.10. The summed E-state index contributed by atoms with van der Waals surface area (Å²) in [6.07, 6.45) is 8.17. The van der Waals surface area contributed by atoms with E-state index in [1.807, 2.05) is 14.1 Å². The third kappa shape index (κ3) is 3.23. The van der Waals surface area contributed by atoms with Gasteiger partial charge in [0.2, 0.25) is 0 Å². The maximum absolute atomic E-state index is 6.58. The molecule has 0 spiro atoms. The van der Waals surface area contributed by atoms with Gasteiger partial charge < -0.3 is 10.6 Å². The SMILES string of the molecule is CCc1ccc(-c2csc(C3(N)C=CC(N(C)C)=CC3)n2)cc1. The van der Waals surface area contributed by atoms with Gasteiger partial charge in [0.25, 0.3) is 0 Å². The van der Waals surface area contributed by atoms with E-state index in [-0.39, 0.29) is 0 Å². The van der Waals surface area contributed by atoms with Crippen molar-refractivity contribution >= 4 is 11.3 Å². The molecule has 0 bridgehead atoms. The van der Waals surface area contributed by atoms with Gasteiger partial charge in [-0.2, -0.15) is 0 Å². The van der Waals surface area contributed by atoms with E-state index < -0.39 is 5.54 Å². The maximum atomic E-state index is 6.58. The molecule has 3 rings (SSSR count). The number of hydrogen-bond donors (Lipinski definition) is 1. The predicted octanol–water partition coefficient (Wildman–Crippen LogP) is 3.93. The zero-order chi connectivity index (χ0) is 16.4. The minimum atomic E-state index is -0.494. The van der Waals surface area contributed by atoms with E-state index in [1.54, 1.807) is 11.3 Å². The zero-order valence-electron chi connectivity index (χ0n) is 13.9. The Bertz CT molecular complexity index is 740. The number of aromatic nitrogens is 1. The average Bonchev–Trinajstić information content (AvgIpc) is 3.06. The molecule has 1 aromatic carbocycles. The summed E-state index contributed by atoms with van der Waals surface area (Å²) in [4.78, 5) is 6.90. The van der Waals surface area contributed by atoms with Crippen molar-refractivity contribution in [1.82, 2.24) is 9.88 Å². The fraction of sp³-hybridized carbons (Fsp3) is 0.316. The molecule has 1 heterocycles. The van der Waals surface area contributed by atoms with E-state index in [4.69, 9.17) is 10.7 Å². The number of nitrogens with two attached hydrogens (primary N) is 1. The van der Waals surface area contributed by atoms with Crippen LogP contribution in [0.3, 0.4) is 0 Å². The molecular formula is C19H23N3S. The van der Waals surface area contributed by atoms with E-state index >= 15 is 0 Å². The number of likely N-dealkylation sites (N-methyl/N-ethyl adjacent to an activating group) is 1. The Balaban J connectivity index is 1.83. The van der Waals surface area contributed by atoms with Crippen LogP contribution in [0.2, 0.25) is 0 Å². The van der Waals surface area contributed by atoms with Crippen molar-refractivity contribution in [2.45, 2.75) is 25.3 Å². The molecule has 23 heavy (non-hydrogen) atoms. The van der Waals surface area contributed by atoms with Gasteiger partial charge in [0.15, 0.2) is 0 Å². The van der Waals surface area contributed by atoms with Crippen LogP contribution in [0.5, 0.6) is 0 Å². The van der Waals surface area contributed by atoms with E-state index in [9.17, 15) is 0 Å². The molecule has 2 N–H and O–H groups in total. The molecule has 1 unspecified atom stereocenters. The highest BCUT2D eigenvalue weighted by Gasteiger charge is 2.29. The second-order valence-electron chi connectivity index (χ2n) is 6.19. The number of benzene rings is 1. The lowest BCUT2D eigenvalue weighted by molar-refractivity contribution is 0.495. The van der Waals surface area contributed by atoms with Crippen molar-refractivity contribution in [2.24, 2.45) is 5.73 Å². The first-order valence-corrected chi connectivity index (χ1v) is 8.81. The minimum absolute atomic E-state index is 0.494. The number of aryl methyl sites for hydroxylation is 1. The molecule has 0 saturated carbocycles. The summed E-state index contributed by atoms with van der Waals surface area (Å²) in [6.45, 7) is 2.17. The molecule has 0 fully saturated rings. The Kier molecular flexibility index (Phi) is 4.37. The Hall–Kier alpha value is -1.91. The van der Waals surface area contributed by atoms with Gasteiger partial charge in [-0.3, -0.25) is 0 Å². The summed E-state index contributed by atoms with van der Waals surface area (Å²) in [5, 5.41) is 3.07. The maximum Gasteiger partial charge on any atom is 0.117 e. The molecular weight excluding hydrogens is 302 g/mol. The van der Waals surface area contributed by atoms with Crippen LogP contribution in [0, 0.1) is 0 Å². The van der Waals surface area contributed by atoms with Crippen molar-refractivity contribution in [2.75, 3.05) is 14.1 Å². The van der Waals surface area contributed by atoms with Crippen molar-refractivity contribution in [1.29, 1.82) is 0 Å². The van der Waals surface area contributed by atoms with Crippen LogP contribution in [0.25, 0.3) is 11.3 Å². The van der Waals surface area contributed by atoms with Gasteiger partial charge in [0, 0.05) is 30.7 Å². The van der Waals surface area contributed by atoms with Gasteiger partial charge in [-0.15, -0.1) is 11.3 Å². The second-order valence-corrected chi connectivity index (χ2v) is 7.05. The third-order valence-corrected chi connectivity index (χ3v) is 5.31. The highest BCUT2D eigenvalue weighted by Crippen LogP contribution is 2.34. The molecule has 1 atom stereocenters. The van der Waals surface area contributed by atoms with Crippen LogP contribution in [0.1, 0.15) is 23.9 Å². The Labute approximate surface area is 142 Å². The molecule has 3 nitrogen and oxygen atoms in total. The fourth-order valence-corrected chi connectivity index (χ4v) is 3.60. The molecule has 1 aliphatic carbocycles. The number of allylic oxidation sites excluding steroid dienone is 1. The minimum Gasteiger partial charge on any atom is -0.378 e. The van der Waals surface area contributed by atoms with Gasteiger partial charge in [0.1, 0.15) is 5.01 Å².